The number of carbonyl (C=O) groups is 1. The lowest BCUT2D eigenvalue weighted by atomic mass is 10.2. The second-order valence-corrected chi connectivity index (χ2v) is 5.73. The molecule has 1 aromatic heterocycles. The molecule has 0 saturated carbocycles. The summed E-state index contributed by atoms with van der Waals surface area (Å²) in [5.41, 5.74) is 1.71. The Kier molecular flexibility index (Phi) is 6.62. The van der Waals surface area contributed by atoms with E-state index in [2.05, 4.69) is 17.3 Å². The van der Waals surface area contributed by atoms with Crippen LogP contribution in [0.2, 0.25) is 0 Å². The minimum absolute atomic E-state index is 0.217. The summed E-state index contributed by atoms with van der Waals surface area (Å²) in [5, 5.41) is 6.99. The van der Waals surface area contributed by atoms with Crippen LogP contribution in [0, 0.1) is 6.92 Å². The number of amides is 1. The summed E-state index contributed by atoms with van der Waals surface area (Å²) in [5.74, 6) is 1.80. The van der Waals surface area contributed by atoms with Gasteiger partial charge in [0.15, 0.2) is 11.5 Å². The van der Waals surface area contributed by atoms with E-state index in [0.717, 1.165) is 24.1 Å². The number of carbonyl (C=O) groups excluding carboxylic acids is 1. The molecule has 0 saturated heterocycles. The quantitative estimate of drug-likeness (QED) is 0.588. The molecule has 1 N–H and O–H groups in total. The maximum atomic E-state index is 12.0. The summed E-state index contributed by atoms with van der Waals surface area (Å²) >= 11 is 0. The molecule has 134 valence electrons. The van der Waals surface area contributed by atoms with E-state index < -0.39 is 0 Å². The van der Waals surface area contributed by atoms with E-state index in [4.69, 9.17) is 9.47 Å². The molecular weight excluding hydrogens is 318 g/mol. The monoisotopic (exact) mass is 343 g/mol. The molecular formula is C19H25N3O3. The van der Waals surface area contributed by atoms with Gasteiger partial charge in [0, 0.05) is 19.2 Å². The van der Waals surface area contributed by atoms with Crippen molar-refractivity contribution in [3.63, 3.8) is 0 Å². The third-order valence-electron chi connectivity index (χ3n) is 3.62. The van der Waals surface area contributed by atoms with Crippen LogP contribution in [0.3, 0.4) is 0 Å². The number of hydrogen-bond acceptors (Lipinski definition) is 4. The number of methoxy groups -OCH3 is 1. The standard InChI is InChI=1S/C19H25N3O3/c1-5-6-11-25-16-9-7-15(13-17(16)24-4)8-10-19(23)20-18-12-14(2)21-22(18)3/h7-10,12-13H,5-6,11H2,1-4H3,(H,20,23)/b10-8+. The molecule has 0 unspecified atom stereocenters. The highest BCUT2D eigenvalue weighted by atomic mass is 16.5. The largest absolute Gasteiger partial charge is 0.493 e. The Morgan fingerprint density at radius 3 is 2.76 bits per heavy atom. The van der Waals surface area contributed by atoms with Gasteiger partial charge in [-0.25, -0.2) is 0 Å². The van der Waals surface area contributed by atoms with Gasteiger partial charge >= 0.3 is 0 Å². The van der Waals surface area contributed by atoms with Gasteiger partial charge in [0.2, 0.25) is 5.91 Å². The number of ether oxygens (including phenoxy) is 2. The molecule has 0 spiro atoms. The predicted octanol–water partition coefficient (Wildman–Crippen LogP) is 3.57. The van der Waals surface area contributed by atoms with Crippen molar-refractivity contribution in [2.75, 3.05) is 19.0 Å². The first-order chi connectivity index (χ1) is 12.0. The zero-order chi connectivity index (χ0) is 18.2. The third-order valence-corrected chi connectivity index (χ3v) is 3.62. The van der Waals surface area contributed by atoms with Crippen LogP contribution in [-0.2, 0) is 11.8 Å². The summed E-state index contributed by atoms with van der Waals surface area (Å²) < 4.78 is 12.7. The summed E-state index contributed by atoms with van der Waals surface area (Å²) in [6.45, 7) is 4.66. The molecule has 0 aliphatic heterocycles. The molecule has 1 amide bonds. The van der Waals surface area contributed by atoms with Crippen LogP contribution in [-0.4, -0.2) is 29.4 Å². The molecule has 0 radical (unpaired) electrons. The van der Waals surface area contributed by atoms with Gasteiger partial charge in [-0.15, -0.1) is 0 Å². The van der Waals surface area contributed by atoms with Gasteiger partial charge in [0.1, 0.15) is 5.82 Å². The molecule has 0 fully saturated rings. The molecule has 0 aliphatic rings. The highest BCUT2D eigenvalue weighted by Crippen LogP contribution is 2.28. The lowest BCUT2D eigenvalue weighted by molar-refractivity contribution is -0.111. The van der Waals surface area contributed by atoms with Crippen molar-refractivity contribution in [2.45, 2.75) is 26.7 Å². The van der Waals surface area contributed by atoms with Crippen molar-refractivity contribution in [3.8, 4) is 11.5 Å². The average molecular weight is 343 g/mol. The summed E-state index contributed by atoms with van der Waals surface area (Å²) in [7, 11) is 3.39. The number of nitrogens with zero attached hydrogens (tertiary/aromatic N) is 2. The van der Waals surface area contributed by atoms with Crippen LogP contribution >= 0.6 is 0 Å². The number of rotatable bonds is 8. The Balaban J connectivity index is 2.02. The molecule has 2 rings (SSSR count). The number of nitrogens with one attached hydrogen (secondary N) is 1. The fraction of sp³-hybridized carbons (Fsp3) is 0.368. The highest BCUT2D eigenvalue weighted by Gasteiger charge is 2.06. The molecule has 6 heteroatoms. The van der Waals surface area contributed by atoms with Gasteiger partial charge in [-0.2, -0.15) is 5.10 Å². The fourth-order valence-corrected chi connectivity index (χ4v) is 2.30. The summed E-state index contributed by atoms with van der Waals surface area (Å²) in [4.78, 5) is 12.0. The Labute approximate surface area is 148 Å². The molecule has 6 nitrogen and oxygen atoms in total. The number of unbranched alkanes of at least 4 members (excludes halogenated alkanes) is 1. The fourth-order valence-electron chi connectivity index (χ4n) is 2.30. The van der Waals surface area contributed by atoms with E-state index in [1.807, 2.05) is 31.2 Å². The van der Waals surface area contributed by atoms with Crippen molar-refractivity contribution < 1.29 is 14.3 Å². The molecule has 1 aromatic carbocycles. The average Bonchev–Trinajstić information content (AvgIpc) is 2.91. The van der Waals surface area contributed by atoms with Crippen LogP contribution in [0.25, 0.3) is 6.08 Å². The van der Waals surface area contributed by atoms with Gasteiger partial charge in [-0.05, 0) is 37.1 Å². The molecule has 25 heavy (non-hydrogen) atoms. The molecule has 0 atom stereocenters. The number of aryl methyl sites for hydroxylation is 2. The predicted molar refractivity (Wildman–Crippen MR) is 99.0 cm³/mol. The zero-order valence-electron chi connectivity index (χ0n) is 15.2. The lowest BCUT2D eigenvalue weighted by Crippen LogP contribution is -2.11. The van der Waals surface area contributed by atoms with E-state index >= 15 is 0 Å². The van der Waals surface area contributed by atoms with Crippen molar-refractivity contribution in [2.24, 2.45) is 7.05 Å². The van der Waals surface area contributed by atoms with E-state index in [1.165, 1.54) is 6.08 Å². The summed E-state index contributed by atoms with van der Waals surface area (Å²) in [6, 6.07) is 7.41. The van der Waals surface area contributed by atoms with Gasteiger partial charge < -0.3 is 14.8 Å². The number of benzene rings is 1. The molecule has 2 aromatic rings. The Hall–Kier alpha value is -2.76. The van der Waals surface area contributed by atoms with Crippen molar-refractivity contribution in [1.29, 1.82) is 0 Å². The van der Waals surface area contributed by atoms with Crippen molar-refractivity contribution >= 4 is 17.8 Å². The van der Waals surface area contributed by atoms with E-state index in [9.17, 15) is 4.79 Å². The maximum Gasteiger partial charge on any atom is 0.249 e. The first-order valence-corrected chi connectivity index (χ1v) is 8.34. The van der Waals surface area contributed by atoms with Gasteiger partial charge in [0.05, 0.1) is 19.4 Å². The molecule has 1 heterocycles. The number of aromatic nitrogens is 2. The first-order valence-electron chi connectivity index (χ1n) is 8.34. The second-order valence-electron chi connectivity index (χ2n) is 5.73. The van der Waals surface area contributed by atoms with Gasteiger partial charge in [-0.1, -0.05) is 19.4 Å². The van der Waals surface area contributed by atoms with Crippen LogP contribution in [0.1, 0.15) is 31.0 Å². The topological polar surface area (TPSA) is 65.4 Å². The van der Waals surface area contributed by atoms with E-state index in [1.54, 1.807) is 24.9 Å². The van der Waals surface area contributed by atoms with Crippen LogP contribution in [0.5, 0.6) is 11.5 Å². The lowest BCUT2D eigenvalue weighted by Gasteiger charge is -2.10. The maximum absolute atomic E-state index is 12.0. The Bertz CT molecular complexity index is 750. The minimum Gasteiger partial charge on any atom is -0.493 e. The molecule has 0 bridgehead atoms. The third kappa shape index (κ3) is 5.38. The normalized spacial score (nSPS) is 10.9. The SMILES string of the molecule is CCCCOc1ccc(/C=C/C(=O)Nc2cc(C)nn2C)cc1OC. The number of anilines is 1. The minimum atomic E-state index is -0.217. The Morgan fingerprint density at radius 2 is 2.12 bits per heavy atom. The first kappa shape index (κ1) is 18.6. The summed E-state index contributed by atoms with van der Waals surface area (Å²) in [6.07, 6.45) is 5.29. The highest BCUT2D eigenvalue weighted by molar-refractivity contribution is 6.01. The van der Waals surface area contributed by atoms with Crippen molar-refractivity contribution in [3.05, 3.63) is 41.6 Å². The van der Waals surface area contributed by atoms with Gasteiger partial charge in [-0.3, -0.25) is 9.48 Å². The zero-order valence-corrected chi connectivity index (χ0v) is 15.2. The smallest absolute Gasteiger partial charge is 0.249 e. The van der Waals surface area contributed by atoms with Crippen LogP contribution in [0.4, 0.5) is 5.82 Å². The van der Waals surface area contributed by atoms with E-state index in [0.29, 0.717) is 23.9 Å². The van der Waals surface area contributed by atoms with E-state index in [-0.39, 0.29) is 5.91 Å². The molecule has 0 aliphatic carbocycles. The van der Waals surface area contributed by atoms with Crippen LogP contribution in [0.15, 0.2) is 30.3 Å². The van der Waals surface area contributed by atoms with Crippen molar-refractivity contribution in [1.82, 2.24) is 9.78 Å². The van der Waals surface area contributed by atoms with Crippen LogP contribution < -0.4 is 14.8 Å². The second kappa shape index (κ2) is 8.92. The Morgan fingerprint density at radius 1 is 1.32 bits per heavy atom. The number of hydrogen-bond donors (Lipinski definition) is 1. The van der Waals surface area contributed by atoms with Gasteiger partial charge in [0.25, 0.3) is 0 Å².